The summed E-state index contributed by atoms with van der Waals surface area (Å²) in [6.45, 7) is 0. The molecule has 4 rings (SSSR count). The molecular formula is C18H10BrF3N2O3. The number of carbonyl (C=O) groups excluding carboxylic acids is 2. The molecule has 2 unspecified atom stereocenters. The van der Waals surface area contributed by atoms with E-state index in [-0.39, 0.29) is 5.71 Å². The Balaban J connectivity index is 1.74. The number of amides is 2. The fraction of sp³-hybridized carbons (Fsp3) is 0.167. The molecule has 138 valence electrons. The van der Waals surface area contributed by atoms with Crippen LogP contribution in [0.3, 0.4) is 0 Å². The first-order valence-corrected chi connectivity index (χ1v) is 8.62. The second-order valence-corrected chi connectivity index (χ2v) is 6.93. The molecule has 1 saturated heterocycles. The molecule has 0 bridgehead atoms. The van der Waals surface area contributed by atoms with Crippen LogP contribution in [-0.2, 0) is 20.6 Å². The number of hydrogen-bond acceptors (Lipinski definition) is 4. The lowest BCUT2D eigenvalue weighted by atomic mass is 9.94. The van der Waals surface area contributed by atoms with Gasteiger partial charge in [-0.25, -0.2) is 4.90 Å². The highest BCUT2D eigenvalue weighted by Crippen LogP contribution is 2.41. The highest BCUT2D eigenvalue weighted by atomic mass is 79.9. The normalized spacial score (nSPS) is 21.9. The number of oxime groups is 1. The van der Waals surface area contributed by atoms with Gasteiger partial charge in [0.1, 0.15) is 11.6 Å². The molecule has 5 nitrogen and oxygen atoms in total. The van der Waals surface area contributed by atoms with Crippen molar-refractivity contribution in [3.05, 3.63) is 64.1 Å². The Labute approximate surface area is 159 Å². The van der Waals surface area contributed by atoms with Gasteiger partial charge in [-0.3, -0.25) is 9.59 Å². The monoisotopic (exact) mass is 438 g/mol. The topological polar surface area (TPSA) is 59.0 Å². The Morgan fingerprint density at radius 2 is 1.67 bits per heavy atom. The van der Waals surface area contributed by atoms with Gasteiger partial charge in [-0.15, -0.1) is 0 Å². The number of anilines is 1. The molecule has 0 aromatic heterocycles. The molecule has 0 aliphatic carbocycles. The highest BCUT2D eigenvalue weighted by Gasteiger charge is 2.57. The molecule has 2 aromatic rings. The van der Waals surface area contributed by atoms with Gasteiger partial charge in [0.15, 0.2) is 0 Å². The number of halogens is 4. The molecule has 0 N–H and O–H groups in total. The molecule has 9 heteroatoms. The first kappa shape index (κ1) is 17.7. The summed E-state index contributed by atoms with van der Waals surface area (Å²) in [5.74, 6) is -2.74. The average molecular weight is 439 g/mol. The lowest BCUT2D eigenvalue weighted by molar-refractivity contribution is -0.137. The van der Waals surface area contributed by atoms with Crippen LogP contribution in [0.4, 0.5) is 18.9 Å². The first-order chi connectivity index (χ1) is 12.8. The van der Waals surface area contributed by atoms with Gasteiger partial charge in [-0.1, -0.05) is 45.4 Å². The van der Waals surface area contributed by atoms with E-state index in [9.17, 15) is 22.8 Å². The van der Waals surface area contributed by atoms with E-state index in [0.717, 1.165) is 16.6 Å². The maximum Gasteiger partial charge on any atom is 0.418 e. The minimum absolute atomic E-state index is 0.220. The predicted octanol–water partition coefficient (Wildman–Crippen LogP) is 3.76. The maximum absolute atomic E-state index is 13.3. The van der Waals surface area contributed by atoms with Crippen molar-refractivity contribution < 1.29 is 27.6 Å². The third kappa shape index (κ3) is 2.82. The smallest absolute Gasteiger partial charge is 0.381 e. The molecule has 0 radical (unpaired) electrons. The Morgan fingerprint density at radius 3 is 2.33 bits per heavy atom. The van der Waals surface area contributed by atoms with Gasteiger partial charge in [0, 0.05) is 10.0 Å². The Hall–Kier alpha value is -2.68. The molecule has 2 aliphatic rings. The van der Waals surface area contributed by atoms with Crippen molar-refractivity contribution in [2.75, 3.05) is 4.90 Å². The predicted molar refractivity (Wildman–Crippen MR) is 93.0 cm³/mol. The summed E-state index contributed by atoms with van der Waals surface area (Å²) in [4.78, 5) is 31.2. The van der Waals surface area contributed by atoms with Gasteiger partial charge in [0.05, 0.1) is 11.3 Å². The highest BCUT2D eigenvalue weighted by molar-refractivity contribution is 9.10. The van der Waals surface area contributed by atoms with Gasteiger partial charge < -0.3 is 4.84 Å². The third-order valence-electron chi connectivity index (χ3n) is 4.40. The second kappa shape index (κ2) is 6.19. The van der Waals surface area contributed by atoms with Crippen molar-refractivity contribution in [1.82, 2.24) is 0 Å². The zero-order valence-corrected chi connectivity index (χ0v) is 15.0. The van der Waals surface area contributed by atoms with Gasteiger partial charge in [-0.2, -0.15) is 13.2 Å². The van der Waals surface area contributed by atoms with Crippen molar-refractivity contribution in [2.45, 2.75) is 12.3 Å². The quantitative estimate of drug-likeness (QED) is 0.670. The number of para-hydroxylation sites is 1. The van der Waals surface area contributed by atoms with Crippen LogP contribution in [0.25, 0.3) is 0 Å². The number of carbonyl (C=O) groups is 2. The zero-order chi connectivity index (χ0) is 19.3. The molecule has 2 atom stereocenters. The second-order valence-electron chi connectivity index (χ2n) is 6.01. The summed E-state index contributed by atoms with van der Waals surface area (Å²) in [7, 11) is 0. The Morgan fingerprint density at radius 1 is 1.00 bits per heavy atom. The minimum Gasteiger partial charge on any atom is -0.381 e. The van der Waals surface area contributed by atoms with Gasteiger partial charge in [-0.05, 0) is 24.3 Å². The largest absolute Gasteiger partial charge is 0.418 e. The van der Waals surface area contributed by atoms with E-state index in [1.165, 1.54) is 12.1 Å². The van der Waals surface area contributed by atoms with Crippen LogP contribution < -0.4 is 4.90 Å². The molecule has 0 saturated carbocycles. The summed E-state index contributed by atoms with van der Waals surface area (Å²) in [6.07, 6.45) is -5.98. The molecule has 1 fully saturated rings. The number of nitrogens with zero attached hydrogens (tertiary/aromatic N) is 2. The first-order valence-electron chi connectivity index (χ1n) is 7.82. The molecule has 2 aromatic carbocycles. The zero-order valence-electron chi connectivity index (χ0n) is 13.4. The summed E-state index contributed by atoms with van der Waals surface area (Å²) in [5.41, 5.74) is -0.794. The average Bonchev–Trinajstić information content (AvgIpc) is 3.16. The van der Waals surface area contributed by atoms with Crippen LogP contribution in [-0.4, -0.2) is 23.6 Å². The van der Waals surface area contributed by atoms with Crippen molar-refractivity contribution in [2.24, 2.45) is 11.1 Å². The van der Waals surface area contributed by atoms with Crippen molar-refractivity contribution >= 4 is 39.1 Å². The van der Waals surface area contributed by atoms with Gasteiger partial charge in [0.25, 0.3) is 5.91 Å². The molecule has 27 heavy (non-hydrogen) atoms. The summed E-state index contributed by atoms with van der Waals surface area (Å²) in [5, 5.41) is 3.83. The van der Waals surface area contributed by atoms with Crippen molar-refractivity contribution in [1.29, 1.82) is 0 Å². The number of benzene rings is 2. The molecular weight excluding hydrogens is 429 g/mol. The van der Waals surface area contributed by atoms with E-state index in [0.29, 0.717) is 10.5 Å². The Bertz CT molecular complexity index is 973. The number of rotatable bonds is 2. The van der Waals surface area contributed by atoms with Gasteiger partial charge in [0.2, 0.25) is 12.0 Å². The number of fused-ring (bicyclic) bond motifs is 1. The van der Waals surface area contributed by atoms with Crippen molar-refractivity contribution in [3.63, 3.8) is 0 Å². The van der Waals surface area contributed by atoms with Crippen LogP contribution in [0.5, 0.6) is 0 Å². The fourth-order valence-corrected chi connectivity index (χ4v) is 3.45. The lowest BCUT2D eigenvalue weighted by Gasteiger charge is -2.20. The van der Waals surface area contributed by atoms with Crippen LogP contribution in [0.2, 0.25) is 0 Å². The van der Waals surface area contributed by atoms with Crippen molar-refractivity contribution in [3.8, 4) is 0 Å². The van der Waals surface area contributed by atoms with Crippen LogP contribution in [0.15, 0.2) is 58.2 Å². The summed E-state index contributed by atoms with van der Waals surface area (Å²) < 4.78 is 40.8. The molecule has 2 amide bonds. The van der Waals surface area contributed by atoms with E-state index in [4.69, 9.17) is 4.84 Å². The van der Waals surface area contributed by atoms with Crippen LogP contribution in [0.1, 0.15) is 11.1 Å². The van der Waals surface area contributed by atoms with E-state index >= 15 is 0 Å². The molecule has 2 aliphatic heterocycles. The minimum atomic E-state index is -4.71. The van der Waals surface area contributed by atoms with Crippen LogP contribution >= 0.6 is 15.9 Å². The Kier molecular flexibility index (Phi) is 4.06. The standard InChI is InChI=1S/C18H10BrF3N2O3/c19-10-7-5-9(6-8-10)14-13-15(27-23-14)17(26)24(16(13)25)12-4-2-1-3-11(12)18(20,21)22/h1-8,13,15H. The SMILES string of the molecule is O=C1C2ON=C(c3ccc(Br)cc3)C2C(=O)N1c1ccccc1C(F)(F)F. The van der Waals surface area contributed by atoms with Gasteiger partial charge >= 0.3 is 6.18 Å². The number of imide groups is 1. The van der Waals surface area contributed by atoms with Crippen LogP contribution in [0, 0.1) is 5.92 Å². The summed E-state index contributed by atoms with van der Waals surface area (Å²) in [6, 6.07) is 11.3. The third-order valence-corrected chi connectivity index (χ3v) is 4.93. The maximum atomic E-state index is 13.3. The fourth-order valence-electron chi connectivity index (χ4n) is 3.18. The number of hydrogen-bond donors (Lipinski definition) is 0. The van der Waals surface area contributed by atoms with E-state index in [2.05, 4.69) is 21.1 Å². The lowest BCUT2D eigenvalue weighted by Crippen LogP contribution is -2.34. The molecule has 0 spiro atoms. The molecule has 2 heterocycles. The summed E-state index contributed by atoms with van der Waals surface area (Å²) >= 11 is 3.29. The van der Waals surface area contributed by atoms with E-state index in [1.54, 1.807) is 24.3 Å². The number of alkyl halides is 3. The van der Waals surface area contributed by atoms with E-state index < -0.39 is 41.3 Å². The van der Waals surface area contributed by atoms with E-state index in [1.807, 2.05) is 0 Å².